The molecule has 0 saturated carbocycles. The van der Waals surface area contributed by atoms with E-state index in [1.807, 2.05) is 12.1 Å². The third kappa shape index (κ3) is 6.63. The van der Waals surface area contributed by atoms with Crippen molar-refractivity contribution in [3.8, 4) is 0 Å². The molecular weight excluding hydrogens is 360 g/mol. The molecule has 1 aromatic rings. The van der Waals surface area contributed by atoms with Gasteiger partial charge in [0.2, 0.25) is 0 Å². The molecule has 0 aromatic heterocycles. The lowest BCUT2D eigenvalue weighted by Gasteiger charge is -2.20. The standard InChI is InChI=1S/C15H22Cl2NO4P/c1-3-21-15(22-4-2,23(19)20)8-5-9-18-11-12-6-7-13(16)14(17)10-12/h6-7,10,18H,3-5,8-9,11H2,1-2H3/p+1. The van der Waals surface area contributed by atoms with Gasteiger partial charge in [-0.15, -0.1) is 0 Å². The first-order valence-corrected chi connectivity index (χ1v) is 9.50. The van der Waals surface area contributed by atoms with Crippen molar-refractivity contribution in [2.75, 3.05) is 19.8 Å². The Hall–Kier alpha value is -0.260. The van der Waals surface area contributed by atoms with Crippen molar-refractivity contribution in [3.05, 3.63) is 33.8 Å². The Morgan fingerprint density at radius 1 is 1.22 bits per heavy atom. The first kappa shape index (κ1) is 20.8. The van der Waals surface area contributed by atoms with Crippen LogP contribution < -0.4 is 5.32 Å². The van der Waals surface area contributed by atoms with Gasteiger partial charge in [0.25, 0.3) is 0 Å². The predicted octanol–water partition coefficient (Wildman–Crippen LogP) is 4.32. The molecule has 1 aromatic carbocycles. The molecule has 23 heavy (non-hydrogen) atoms. The van der Waals surface area contributed by atoms with Crippen LogP contribution in [-0.4, -0.2) is 30.2 Å². The van der Waals surface area contributed by atoms with E-state index in [9.17, 15) is 9.46 Å². The van der Waals surface area contributed by atoms with E-state index in [1.165, 1.54) is 0 Å². The molecule has 0 fully saturated rings. The van der Waals surface area contributed by atoms with Gasteiger partial charge in [-0.05, 0) is 49.1 Å². The third-order valence-electron chi connectivity index (χ3n) is 3.19. The van der Waals surface area contributed by atoms with E-state index in [2.05, 4.69) is 5.32 Å². The fourth-order valence-electron chi connectivity index (χ4n) is 2.16. The topological polar surface area (TPSA) is 67.8 Å². The highest BCUT2D eigenvalue weighted by atomic mass is 35.5. The number of halogens is 2. The molecule has 0 saturated heterocycles. The first-order valence-electron chi connectivity index (χ1n) is 7.54. The van der Waals surface area contributed by atoms with Crippen molar-refractivity contribution in [3.63, 3.8) is 0 Å². The normalized spacial score (nSPS) is 12.5. The van der Waals surface area contributed by atoms with Crippen molar-refractivity contribution in [2.24, 2.45) is 0 Å². The highest BCUT2D eigenvalue weighted by Gasteiger charge is 2.51. The molecule has 8 heteroatoms. The summed E-state index contributed by atoms with van der Waals surface area (Å²) in [6.07, 6.45) is 0.984. The fraction of sp³-hybridized carbons (Fsp3) is 0.600. The van der Waals surface area contributed by atoms with Gasteiger partial charge in [-0.25, -0.2) is 0 Å². The van der Waals surface area contributed by atoms with E-state index in [-0.39, 0.29) is 0 Å². The van der Waals surface area contributed by atoms with E-state index >= 15 is 0 Å². The summed E-state index contributed by atoms with van der Waals surface area (Å²) in [4.78, 5) is 9.53. The van der Waals surface area contributed by atoms with Gasteiger partial charge in [-0.3, -0.25) is 0 Å². The van der Waals surface area contributed by atoms with Gasteiger partial charge in [0.15, 0.2) is 0 Å². The molecule has 0 amide bonds. The van der Waals surface area contributed by atoms with Gasteiger partial charge in [-0.1, -0.05) is 29.3 Å². The zero-order chi connectivity index (χ0) is 17.3. The van der Waals surface area contributed by atoms with Crippen LogP contribution in [0.2, 0.25) is 10.0 Å². The number of nitrogens with one attached hydrogen (secondary N) is 1. The lowest BCUT2D eigenvalue weighted by molar-refractivity contribution is -0.180. The van der Waals surface area contributed by atoms with Gasteiger partial charge >= 0.3 is 13.6 Å². The summed E-state index contributed by atoms with van der Waals surface area (Å²) < 4.78 is 22.4. The average Bonchev–Trinajstić information content (AvgIpc) is 2.50. The van der Waals surface area contributed by atoms with E-state index in [1.54, 1.807) is 19.9 Å². The largest absolute Gasteiger partial charge is 0.573 e. The molecule has 0 aliphatic heterocycles. The lowest BCUT2D eigenvalue weighted by Crippen LogP contribution is -2.33. The molecule has 1 unspecified atom stereocenters. The predicted molar refractivity (Wildman–Crippen MR) is 93.2 cm³/mol. The molecule has 0 aliphatic rings. The smallest absolute Gasteiger partial charge is 0.313 e. The molecule has 0 aliphatic carbocycles. The molecule has 1 rings (SSSR count). The number of ether oxygens (including phenoxy) is 2. The summed E-state index contributed by atoms with van der Waals surface area (Å²) in [6.45, 7) is 5.48. The Kier molecular flexibility index (Phi) is 9.55. The highest BCUT2D eigenvalue weighted by molar-refractivity contribution is 7.39. The van der Waals surface area contributed by atoms with Crippen LogP contribution in [0, 0.1) is 0 Å². The summed E-state index contributed by atoms with van der Waals surface area (Å²) in [5, 5.41) is 4.31. The van der Waals surface area contributed by atoms with Gasteiger partial charge in [0, 0.05) is 6.54 Å². The second kappa shape index (κ2) is 10.6. The van der Waals surface area contributed by atoms with Gasteiger partial charge in [-0.2, -0.15) is 4.89 Å². The van der Waals surface area contributed by atoms with Gasteiger partial charge < -0.3 is 14.8 Å². The van der Waals surface area contributed by atoms with E-state index in [0.717, 1.165) is 5.56 Å². The van der Waals surface area contributed by atoms with Crippen molar-refractivity contribution < 1.29 is 18.9 Å². The zero-order valence-electron chi connectivity index (χ0n) is 13.3. The third-order valence-corrected chi connectivity index (χ3v) is 4.99. The van der Waals surface area contributed by atoms with Crippen LogP contribution in [0.15, 0.2) is 18.2 Å². The van der Waals surface area contributed by atoms with Gasteiger partial charge in [0.1, 0.15) is 0 Å². The Morgan fingerprint density at radius 2 is 1.87 bits per heavy atom. The van der Waals surface area contributed by atoms with Crippen LogP contribution in [0.4, 0.5) is 0 Å². The fourth-order valence-corrected chi connectivity index (χ4v) is 3.31. The molecule has 5 nitrogen and oxygen atoms in total. The van der Waals surface area contributed by atoms with Crippen molar-refractivity contribution >= 4 is 31.2 Å². The number of hydrogen-bond donors (Lipinski definition) is 2. The van der Waals surface area contributed by atoms with E-state index < -0.39 is 13.6 Å². The molecule has 0 bridgehead atoms. The summed E-state index contributed by atoms with van der Waals surface area (Å²) >= 11 is 11.8. The van der Waals surface area contributed by atoms with Crippen molar-refractivity contribution in [2.45, 2.75) is 38.8 Å². The highest BCUT2D eigenvalue weighted by Crippen LogP contribution is 2.41. The van der Waals surface area contributed by atoms with Gasteiger partial charge in [0.05, 0.1) is 29.7 Å². The summed E-state index contributed by atoms with van der Waals surface area (Å²) in [5.74, 6) is 0. The summed E-state index contributed by atoms with van der Waals surface area (Å²) in [5.41, 5.74) is -0.391. The number of benzene rings is 1. The summed E-state index contributed by atoms with van der Waals surface area (Å²) in [7, 11) is -2.59. The monoisotopic (exact) mass is 382 g/mol. The average molecular weight is 383 g/mol. The minimum absolute atomic E-state index is 0.318. The minimum Gasteiger partial charge on any atom is -0.313 e. The second-order valence-corrected chi connectivity index (χ2v) is 6.92. The van der Waals surface area contributed by atoms with Crippen molar-refractivity contribution in [1.82, 2.24) is 5.32 Å². The Balaban J connectivity index is 2.44. The lowest BCUT2D eigenvalue weighted by atomic mass is 10.2. The minimum atomic E-state index is -2.59. The molecule has 0 radical (unpaired) electrons. The van der Waals surface area contributed by atoms with Crippen LogP contribution in [0.25, 0.3) is 0 Å². The number of hydrogen-bond acceptors (Lipinski definition) is 4. The van der Waals surface area contributed by atoms with Crippen molar-refractivity contribution in [1.29, 1.82) is 0 Å². The van der Waals surface area contributed by atoms with Crippen LogP contribution in [0.1, 0.15) is 32.3 Å². The quantitative estimate of drug-likeness (QED) is 0.338. The molecule has 130 valence electrons. The van der Waals surface area contributed by atoms with Crippen LogP contribution >= 0.6 is 31.2 Å². The second-order valence-electron chi connectivity index (χ2n) is 4.88. The maximum absolute atomic E-state index is 11.6. The Morgan fingerprint density at radius 3 is 2.39 bits per heavy atom. The van der Waals surface area contributed by atoms with Crippen LogP contribution in [-0.2, 0) is 20.6 Å². The maximum atomic E-state index is 11.6. The molecule has 1 atom stereocenters. The molecule has 2 N–H and O–H groups in total. The zero-order valence-corrected chi connectivity index (χ0v) is 15.8. The van der Waals surface area contributed by atoms with E-state index in [0.29, 0.717) is 49.2 Å². The molecule has 0 spiro atoms. The Labute approximate surface area is 148 Å². The van der Waals surface area contributed by atoms with E-state index in [4.69, 9.17) is 32.7 Å². The number of rotatable bonds is 11. The van der Waals surface area contributed by atoms with Crippen LogP contribution in [0.5, 0.6) is 0 Å². The first-order chi connectivity index (χ1) is 10.9. The molecule has 0 heterocycles. The SMILES string of the molecule is CCOC(CCCNCc1ccc(Cl)c(Cl)c1)(OCC)[P+](=O)O. The maximum Gasteiger partial charge on any atom is 0.573 e. The summed E-state index contributed by atoms with van der Waals surface area (Å²) in [6, 6.07) is 5.47. The Bertz CT molecular complexity index is 510. The van der Waals surface area contributed by atoms with Crippen LogP contribution in [0.3, 0.4) is 0 Å². The molecular formula is C15H23Cl2NO4P+.